The average molecular weight is 496 g/mol. The number of fused-ring (bicyclic) bond motifs is 3. The van der Waals surface area contributed by atoms with Gasteiger partial charge in [-0.3, -0.25) is 14.4 Å². The average Bonchev–Trinajstić information content (AvgIpc) is 3.35. The van der Waals surface area contributed by atoms with Crippen molar-refractivity contribution in [1.29, 1.82) is 0 Å². The fourth-order valence-electron chi connectivity index (χ4n) is 4.82. The normalized spacial score (nSPS) is 22.4. The number of nitrogens with zero attached hydrogens (tertiary/aromatic N) is 1. The molecule has 0 spiro atoms. The molecule has 1 fully saturated rings. The number of hydrogen-bond acceptors (Lipinski definition) is 7. The first kappa shape index (κ1) is 23.9. The third kappa shape index (κ3) is 4.81. The van der Waals surface area contributed by atoms with Crippen molar-refractivity contribution in [2.75, 3.05) is 32.3 Å². The first-order valence-electron chi connectivity index (χ1n) is 12.1. The van der Waals surface area contributed by atoms with Crippen LogP contribution in [0.5, 0.6) is 17.2 Å². The van der Waals surface area contributed by atoms with Crippen LogP contribution < -0.4 is 24.8 Å². The molecule has 10 heteroatoms. The van der Waals surface area contributed by atoms with Gasteiger partial charge in [0.15, 0.2) is 11.5 Å². The summed E-state index contributed by atoms with van der Waals surface area (Å²) in [5.41, 5.74) is 1.25. The monoisotopic (exact) mass is 495 g/mol. The van der Waals surface area contributed by atoms with Crippen molar-refractivity contribution >= 4 is 23.4 Å². The first-order chi connectivity index (χ1) is 17.4. The maximum absolute atomic E-state index is 13.4. The number of benzene rings is 2. The lowest BCUT2D eigenvalue weighted by molar-refractivity contribution is -0.133. The first-order valence-corrected chi connectivity index (χ1v) is 12.1. The number of carbonyl (C=O) groups excluding carboxylic acids is 3. The molecule has 0 unspecified atom stereocenters. The molecule has 5 rings (SSSR count). The number of hydrogen-bond donors (Lipinski definition) is 2. The molecule has 1 saturated heterocycles. The Labute approximate surface area is 208 Å². The van der Waals surface area contributed by atoms with Crippen LogP contribution in [0.3, 0.4) is 0 Å². The molecular formula is C26H29N3O7. The molecule has 3 amide bonds. The van der Waals surface area contributed by atoms with E-state index in [0.29, 0.717) is 53.4 Å². The van der Waals surface area contributed by atoms with E-state index in [0.717, 1.165) is 0 Å². The molecule has 0 saturated carbocycles. The van der Waals surface area contributed by atoms with E-state index < -0.39 is 0 Å². The summed E-state index contributed by atoms with van der Waals surface area (Å²) < 4.78 is 22.8. The summed E-state index contributed by atoms with van der Waals surface area (Å²) in [6.07, 6.45) is 1.12. The highest BCUT2D eigenvalue weighted by Gasteiger charge is 2.39. The van der Waals surface area contributed by atoms with E-state index in [-0.39, 0.29) is 55.8 Å². The minimum atomic E-state index is -0.342. The van der Waals surface area contributed by atoms with Gasteiger partial charge < -0.3 is 34.5 Å². The Morgan fingerprint density at radius 3 is 2.67 bits per heavy atom. The molecule has 3 aliphatic heterocycles. The Bertz CT molecular complexity index is 1180. The quantitative estimate of drug-likeness (QED) is 0.655. The lowest BCUT2D eigenvalue weighted by Gasteiger charge is -2.42. The summed E-state index contributed by atoms with van der Waals surface area (Å²) >= 11 is 0. The minimum absolute atomic E-state index is 0.0437. The van der Waals surface area contributed by atoms with Crippen LogP contribution >= 0.6 is 0 Å². The largest absolute Gasteiger partial charge is 0.490 e. The Morgan fingerprint density at radius 1 is 1.03 bits per heavy atom. The molecule has 190 valence electrons. The second kappa shape index (κ2) is 10.1. The molecule has 2 N–H and O–H groups in total. The maximum atomic E-state index is 13.4. The standard InChI is InChI=1S/C26H29N3O7/c1-3-27-24(30)12-17-6-7-19-23(36-17)13-33-20-9-5-16(11-18(20)26(32)29(19)2)28-25(31)15-4-8-21-22(10-15)35-14-34-21/h4-5,8-11,17,19,23H,3,6-7,12-14H2,1-2H3,(H,27,30)(H,28,31)/t17-,19-,23+/m1/s1. The van der Waals surface area contributed by atoms with E-state index >= 15 is 0 Å². The second-order valence-corrected chi connectivity index (χ2v) is 9.06. The summed E-state index contributed by atoms with van der Waals surface area (Å²) in [5, 5.41) is 5.64. The number of likely N-dealkylation sites (N-methyl/N-ethyl adjacent to an activating group) is 1. The number of carbonyl (C=O) groups is 3. The lowest BCUT2D eigenvalue weighted by Crippen LogP contribution is -2.54. The lowest BCUT2D eigenvalue weighted by atomic mass is 9.94. The zero-order valence-electron chi connectivity index (χ0n) is 20.2. The van der Waals surface area contributed by atoms with Crippen molar-refractivity contribution in [3.8, 4) is 17.2 Å². The number of rotatable bonds is 5. The molecule has 0 aromatic heterocycles. The highest BCUT2D eigenvalue weighted by molar-refractivity contribution is 6.06. The fourth-order valence-corrected chi connectivity index (χ4v) is 4.82. The maximum Gasteiger partial charge on any atom is 0.257 e. The van der Waals surface area contributed by atoms with Gasteiger partial charge >= 0.3 is 0 Å². The Kier molecular flexibility index (Phi) is 6.69. The van der Waals surface area contributed by atoms with E-state index in [2.05, 4.69) is 10.6 Å². The van der Waals surface area contributed by atoms with Crippen LogP contribution in [0.15, 0.2) is 36.4 Å². The van der Waals surface area contributed by atoms with Crippen molar-refractivity contribution in [2.45, 2.75) is 44.4 Å². The fraction of sp³-hybridized carbons (Fsp3) is 0.423. The van der Waals surface area contributed by atoms with E-state index in [1.807, 2.05) is 6.92 Å². The molecule has 3 aliphatic rings. The van der Waals surface area contributed by atoms with Gasteiger partial charge in [-0.15, -0.1) is 0 Å². The minimum Gasteiger partial charge on any atom is -0.490 e. The zero-order valence-corrected chi connectivity index (χ0v) is 20.2. The van der Waals surface area contributed by atoms with Gasteiger partial charge in [-0.2, -0.15) is 0 Å². The zero-order chi connectivity index (χ0) is 25.2. The van der Waals surface area contributed by atoms with Crippen LogP contribution in [0.2, 0.25) is 0 Å². The summed E-state index contributed by atoms with van der Waals surface area (Å²) in [5.74, 6) is 0.936. The smallest absolute Gasteiger partial charge is 0.257 e. The van der Waals surface area contributed by atoms with Crippen LogP contribution in [0, 0.1) is 0 Å². The van der Waals surface area contributed by atoms with Crippen molar-refractivity contribution in [2.24, 2.45) is 0 Å². The molecular weight excluding hydrogens is 466 g/mol. The predicted octanol–water partition coefficient (Wildman–Crippen LogP) is 2.57. The molecule has 10 nitrogen and oxygen atoms in total. The third-order valence-electron chi connectivity index (χ3n) is 6.69. The van der Waals surface area contributed by atoms with Crippen LogP contribution in [0.25, 0.3) is 0 Å². The molecule has 2 aromatic rings. The second-order valence-electron chi connectivity index (χ2n) is 9.06. The van der Waals surface area contributed by atoms with E-state index in [1.165, 1.54) is 0 Å². The molecule has 3 heterocycles. The number of anilines is 1. The van der Waals surface area contributed by atoms with Gasteiger partial charge in [0, 0.05) is 24.8 Å². The Morgan fingerprint density at radius 2 is 1.83 bits per heavy atom. The molecule has 0 aliphatic carbocycles. The number of amides is 3. The molecule has 0 bridgehead atoms. The molecule has 3 atom stereocenters. The van der Waals surface area contributed by atoms with Crippen LogP contribution in [-0.2, 0) is 9.53 Å². The van der Waals surface area contributed by atoms with Crippen molar-refractivity contribution < 1.29 is 33.3 Å². The summed E-state index contributed by atoms with van der Waals surface area (Å²) in [6, 6.07) is 9.77. The highest BCUT2D eigenvalue weighted by atomic mass is 16.7. The highest BCUT2D eigenvalue weighted by Crippen LogP contribution is 2.34. The molecule has 2 aromatic carbocycles. The van der Waals surface area contributed by atoms with Crippen LogP contribution in [0.4, 0.5) is 5.69 Å². The number of ether oxygens (including phenoxy) is 4. The van der Waals surface area contributed by atoms with Gasteiger partial charge in [0.1, 0.15) is 18.5 Å². The van der Waals surface area contributed by atoms with E-state index in [1.54, 1.807) is 48.3 Å². The van der Waals surface area contributed by atoms with Crippen molar-refractivity contribution in [3.63, 3.8) is 0 Å². The van der Waals surface area contributed by atoms with Crippen LogP contribution in [0.1, 0.15) is 46.9 Å². The van der Waals surface area contributed by atoms with Gasteiger partial charge in [0.2, 0.25) is 12.7 Å². The summed E-state index contributed by atoms with van der Waals surface area (Å²) in [4.78, 5) is 39.9. The summed E-state index contributed by atoms with van der Waals surface area (Å²) in [6.45, 7) is 2.84. The van der Waals surface area contributed by atoms with Gasteiger partial charge in [-0.25, -0.2) is 0 Å². The Hall–Kier alpha value is -3.79. The van der Waals surface area contributed by atoms with E-state index in [9.17, 15) is 14.4 Å². The Balaban J connectivity index is 1.30. The summed E-state index contributed by atoms with van der Waals surface area (Å²) in [7, 11) is 1.75. The predicted molar refractivity (Wildman–Crippen MR) is 130 cm³/mol. The van der Waals surface area contributed by atoms with Gasteiger partial charge in [0.25, 0.3) is 11.8 Å². The van der Waals surface area contributed by atoms with E-state index in [4.69, 9.17) is 18.9 Å². The van der Waals surface area contributed by atoms with Crippen LogP contribution in [-0.4, -0.2) is 67.9 Å². The topological polar surface area (TPSA) is 115 Å². The molecule has 36 heavy (non-hydrogen) atoms. The number of nitrogens with one attached hydrogen (secondary N) is 2. The van der Waals surface area contributed by atoms with Crippen molar-refractivity contribution in [1.82, 2.24) is 10.2 Å². The molecule has 0 radical (unpaired) electrons. The third-order valence-corrected chi connectivity index (χ3v) is 6.69. The van der Waals surface area contributed by atoms with Gasteiger partial charge in [-0.1, -0.05) is 0 Å². The SMILES string of the molecule is CCNC(=O)C[C@H]1CC[C@@H]2[C@H](COc3ccc(NC(=O)c4ccc5c(c4)OCO5)cc3C(=O)N2C)O1. The van der Waals surface area contributed by atoms with Crippen molar-refractivity contribution in [3.05, 3.63) is 47.5 Å². The van der Waals surface area contributed by atoms with Gasteiger partial charge in [0.05, 0.1) is 24.1 Å². The van der Waals surface area contributed by atoms with Gasteiger partial charge in [-0.05, 0) is 56.2 Å².